The maximum atomic E-state index is 14.1. The summed E-state index contributed by atoms with van der Waals surface area (Å²) in [5, 5.41) is 0. The van der Waals surface area contributed by atoms with Crippen molar-refractivity contribution in [1.29, 1.82) is 0 Å². The van der Waals surface area contributed by atoms with Crippen LogP contribution in [0, 0.1) is 12.7 Å². The molecule has 0 unspecified atom stereocenters. The van der Waals surface area contributed by atoms with Gasteiger partial charge in [0, 0.05) is 12.1 Å². The standard InChI is InChI=1S/C23H20FN5O3/c1-3-28-22-19(29(23(28)32)12-17(30)15-6-4-5-7-16(15)24)18(20(25)31)26-21(27-22)14-10-8-13(2)9-11-14/h4-11H,3,12H2,1-2H3,(H2,25,31). The minimum absolute atomic E-state index is 0.0462. The fourth-order valence-electron chi connectivity index (χ4n) is 3.56. The van der Waals surface area contributed by atoms with Crippen LogP contribution in [0.5, 0.6) is 0 Å². The van der Waals surface area contributed by atoms with Crippen molar-refractivity contribution in [2.75, 3.05) is 0 Å². The Kier molecular flexibility index (Phi) is 5.40. The highest BCUT2D eigenvalue weighted by molar-refractivity contribution is 6.03. The summed E-state index contributed by atoms with van der Waals surface area (Å²) >= 11 is 0. The number of hydrogen-bond donors (Lipinski definition) is 1. The number of amides is 1. The quantitative estimate of drug-likeness (QED) is 0.470. The molecule has 0 atom stereocenters. The molecule has 0 radical (unpaired) electrons. The zero-order valence-electron chi connectivity index (χ0n) is 17.5. The van der Waals surface area contributed by atoms with Gasteiger partial charge in [-0.15, -0.1) is 0 Å². The fourth-order valence-corrected chi connectivity index (χ4v) is 3.56. The van der Waals surface area contributed by atoms with Crippen molar-refractivity contribution in [1.82, 2.24) is 19.1 Å². The molecule has 4 rings (SSSR count). The molecular weight excluding hydrogens is 413 g/mol. The molecule has 2 N–H and O–H groups in total. The van der Waals surface area contributed by atoms with Gasteiger partial charge in [0.15, 0.2) is 22.9 Å². The first-order valence-corrected chi connectivity index (χ1v) is 9.97. The van der Waals surface area contributed by atoms with E-state index in [0.717, 1.165) is 16.2 Å². The largest absolute Gasteiger partial charge is 0.364 e. The predicted molar refractivity (Wildman–Crippen MR) is 117 cm³/mol. The van der Waals surface area contributed by atoms with Crippen LogP contribution in [0.1, 0.15) is 33.3 Å². The van der Waals surface area contributed by atoms with Crippen molar-refractivity contribution in [3.8, 4) is 11.4 Å². The van der Waals surface area contributed by atoms with Crippen molar-refractivity contribution in [3.63, 3.8) is 0 Å². The Labute approximate surface area is 182 Å². The van der Waals surface area contributed by atoms with E-state index in [1.54, 1.807) is 19.1 Å². The highest BCUT2D eigenvalue weighted by atomic mass is 19.1. The number of rotatable bonds is 6. The van der Waals surface area contributed by atoms with E-state index < -0.39 is 29.7 Å². The molecule has 1 amide bonds. The molecule has 0 saturated carbocycles. The second-order valence-corrected chi connectivity index (χ2v) is 7.31. The first kappa shape index (κ1) is 21.1. The van der Waals surface area contributed by atoms with Crippen molar-refractivity contribution >= 4 is 22.9 Å². The number of ketones is 1. The Morgan fingerprint density at radius 2 is 1.72 bits per heavy atom. The van der Waals surface area contributed by atoms with Gasteiger partial charge in [-0.2, -0.15) is 0 Å². The van der Waals surface area contributed by atoms with Gasteiger partial charge in [0.1, 0.15) is 11.3 Å². The topological polar surface area (TPSA) is 113 Å². The minimum atomic E-state index is -0.869. The Hall–Kier alpha value is -4.14. The number of fused-ring (bicyclic) bond motifs is 1. The zero-order chi connectivity index (χ0) is 23.0. The lowest BCUT2D eigenvalue weighted by Crippen LogP contribution is -2.27. The number of nitrogens with two attached hydrogens (primary N) is 1. The van der Waals surface area contributed by atoms with E-state index in [2.05, 4.69) is 9.97 Å². The van der Waals surface area contributed by atoms with Gasteiger partial charge in [0.25, 0.3) is 5.91 Å². The normalized spacial score (nSPS) is 11.1. The molecule has 2 aromatic carbocycles. The van der Waals surface area contributed by atoms with Gasteiger partial charge >= 0.3 is 5.69 Å². The lowest BCUT2D eigenvalue weighted by atomic mass is 10.1. The van der Waals surface area contributed by atoms with Crippen LogP contribution in [-0.4, -0.2) is 30.8 Å². The first-order chi connectivity index (χ1) is 15.3. The first-order valence-electron chi connectivity index (χ1n) is 9.97. The maximum absolute atomic E-state index is 14.1. The van der Waals surface area contributed by atoms with Crippen LogP contribution in [-0.2, 0) is 13.1 Å². The van der Waals surface area contributed by atoms with Crippen LogP contribution in [0.4, 0.5) is 4.39 Å². The SMILES string of the molecule is CCn1c(=O)n(CC(=O)c2ccccc2F)c2c(C(N)=O)nc(-c3ccc(C)cc3)nc21. The molecule has 162 valence electrons. The van der Waals surface area contributed by atoms with E-state index in [4.69, 9.17) is 5.73 Å². The smallest absolute Gasteiger partial charge is 0.330 e. The summed E-state index contributed by atoms with van der Waals surface area (Å²) in [5.41, 5.74) is 6.59. The Morgan fingerprint density at radius 1 is 1.03 bits per heavy atom. The summed E-state index contributed by atoms with van der Waals surface area (Å²) < 4.78 is 16.5. The fraction of sp³-hybridized carbons (Fsp3) is 0.174. The van der Waals surface area contributed by atoms with Crippen LogP contribution in [0.25, 0.3) is 22.6 Å². The van der Waals surface area contributed by atoms with E-state index in [0.29, 0.717) is 5.56 Å². The van der Waals surface area contributed by atoms with E-state index in [-0.39, 0.29) is 34.8 Å². The number of Topliss-reactive ketones (excluding diaryl/α,β-unsaturated/α-hetero) is 1. The molecule has 0 saturated heterocycles. The Bertz CT molecular complexity index is 1420. The lowest BCUT2D eigenvalue weighted by molar-refractivity contribution is 0.0962. The molecule has 0 spiro atoms. The molecular formula is C23H20FN5O3. The van der Waals surface area contributed by atoms with Crippen LogP contribution in [0.15, 0.2) is 53.3 Å². The van der Waals surface area contributed by atoms with Gasteiger partial charge in [0.05, 0.1) is 12.1 Å². The van der Waals surface area contributed by atoms with E-state index >= 15 is 0 Å². The molecule has 0 aliphatic heterocycles. The van der Waals surface area contributed by atoms with Crippen molar-refractivity contribution in [3.05, 3.63) is 81.7 Å². The summed E-state index contributed by atoms with van der Waals surface area (Å²) in [4.78, 5) is 47.0. The number of aryl methyl sites for hydroxylation is 2. The van der Waals surface area contributed by atoms with Gasteiger partial charge in [-0.05, 0) is 26.0 Å². The number of hydrogen-bond acceptors (Lipinski definition) is 5. The number of aromatic nitrogens is 4. The van der Waals surface area contributed by atoms with Crippen LogP contribution >= 0.6 is 0 Å². The average Bonchev–Trinajstić information content (AvgIpc) is 3.04. The number of primary amides is 1. The molecule has 0 fully saturated rings. The summed E-state index contributed by atoms with van der Waals surface area (Å²) in [6.45, 7) is 3.42. The van der Waals surface area contributed by atoms with E-state index in [9.17, 15) is 18.8 Å². The second kappa shape index (κ2) is 8.18. The van der Waals surface area contributed by atoms with Crippen LogP contribution in [0.2, 0.25) is 0 Å². The summed E-state index contributed by atoms with van der Waals surface area (Å²) in [6, 6.07) is 12.8. The number of halogens is 1. The third-order valence-electron chi connectivity index (χ3n) is 5.19. The van der Waals surface area contributed by atoms with Gasteiger partial charge in [-0.3, -0.25) is 18.7 Å². The van der Waals surface area contributed by atoms with E-state index in [1.807, 2.05) is 19.1 Å². The van der Waals surface area contributed by atoms with Crippen molar-refractivity contribution < 1.29 is 14.0 Å². The molecule has 2 heterocycles. The zero-order valence-corrected chi connectivity index (χ0v) is 17.5. The average molecular weight is 433 g/mol. The Morgan fingerprint density at radius 3 is 2.34 bits per heavy atom. The third kappa shape index (κ3) is 3.58. The molecule has 0 aliphatic rings. The van der Waals surface area contributed by atoms with E-state index in [1.165, 1.54) is 22.8 Å². The maximum Gasteiger partial charge on any atom is 0.330 e. The molecule has 32 heavy (non-hydrogen) atoms. The number of imidazole rings is 1. The third-order valence-corrected chi connectivity index (χ3v) is 5.19. The molecule has 0 bridgehead atoms. The highest BCUT2D eigenvalue weighted by Gasteiger charge is 2.25. The number of nitrogens with zero attached hydrogens (tertiary/aromatic N) is 4. The highest BCUT2D eigenvalue weighted by Crippen LogP contribution is 2.22. The van der Waals surface area contributed by atoms with Crippen molar-refractivity contribution in [2.24, 2.45) is 5.73 Å². The Balaban J connectivity index is 1.94. The van der Waals surface area contributed by atoms with Crippen LogP contribution in [0.3, 0.4) is 0 Å². The molecule has 8 nitrogen and oxygen atoms in total. The molecule has 4 aromatic rings. The van der Waals surface area contributed by atoms with Crippen molar-refractivity contribution in [2.45, 2.75) is 26.9 Å². The van der Waals surface area contributed by atoms with Gasteiger partial charge < -0.3 is 5.73 Å². The minimum Gasteiger partial charge on any atom is -0.364 e. The number of benzene rings is 2. The lowest BCUT2D eigenvalue weighted by Gasteiger charge is -2.08. The predicted octanol–water partition coefficient (Wildman–Crippen LogP) is 2.71. The van der Waals surface area contributed by atoms with Crippen LogP contribution < -0.4 is 11.4 Å². The van der Waals surface area contributed by atoms with Gasteiger partial charge in [-0.1, -0.05) is 42.0 Å². The molecule has 2 aromatic heterocycles. The summed E-state index contributed by atoms with van der Waals surface area (Å²) in [7, 11) is 0. The summed E-state index contributed by atoms with van der Waals surface area (Å²) in [5.74, 6) is -1.96. The number of carbonyl (C=O) groups is 2. The van der Waals surface area contributed by atoms with Gasteiger partial charge in [0.2, 0.25) is 0 Å². The van der Waals surface area contributed by atoms with Gasteiger partial charge in [-0.25, -0.2) is 19.2 Å². The molecule has 9 heteroatoms. The second-order valence-electron chi connectivity index (χ2n) is 7.31. The summed E-state index contributed by atoms with van der Waals surface area (Å²) in [6.07, 6.45) is 0. The molecule has 0 aliphatic carbocycles. The monoisotopic (exact) mass is 433 g/mol. The number of carbonyl (C=O) groups excluding carboxylic acids is 2.